The second-order valence-corrected chi connectivity index (χ2v) is 8.01. The van der Waals surface area contributed by atoms with E-state index in [-0.39, 0.29) is 35.5 Å². The van der Waals surface area contributed by atoms with Crippen molar-refractivity contribution in [2.45, 2.75) is 26.4 Å². The zero-order valence-corrected chi connectivity index (χ0v) is 17.1. The molecule has 2 fully saturated rings. The minimum atomic E-state index is -0.481. The van der Waals surface area contributed by atoms with Gasteiger partial charge in [-0.15, -0.1) is 12.4 Å². The van der Waals surface area contributed by atoms with Crippen LogP contribution in [0, 0.1) is 27.9 Å². The molecule has 3 rings (SSSR count). The van der Waals surface area contributed by atoms with Crippen molar-refractivity contribution in [3.8, 4) is 0 Å². The summed E-state index contributed by atoms with van der Waals surface area (Å²) in [7, 11) is 0. The second-order valence-electron chi connectivity index (χ2n) is 8.01. The lowest BCUT2D eigenvalue weighted by atomic mass is 9.91. The Balaban J connectivity index is 0.00000280. The van der Waals surface area contributed by atoms with Crippen LogP contribution in [-0.4, -0.2) is 54.8 Å². The SMILES string of the molecule is CC1CC(C)CN(c2ccc(C(=O)NCC3CNCC3O)cc2[N+](=O)[O-])C1.Cl. The van der Waals surface area contributed by atoms with Crippen molar-refractivity contribution in [3.05, 3.63) is 33.9 Å². The number of carbonyl (C=O) groups excluding carboxylic acids is 1. The van der Waals surface area contributed by atoms with Crippen molar-refractivity contribution in [2.75, 3.05) is 37.6 Å². The van der Waals surface area contributed by atoms with Crippen molar-refractivity contribution in [3.63, 3.8) is 0 Å². The molecule has 1 aromatic carbocycles. The van der Waals surface area contributed by atoms with Gasteiger partial charge in [-0.1, -0.05) is 13.8 Å². The van der Waals surface area contributed by atoms with Crippen LogP contribution in [0.2, 0.25) is 0 Å². The fourth-order valence-electron chi connectivity index (χ4n) is 4.19. The van der Waals surface area contributed by atoms with E-state index in [9.17, 15) is 20.0 Å². The van der Waals surface area contributed by atoms with E-state index in [0.29, 0.717) is 37.2 Å². The normalized spacial score (nSPS) is 27.2. The number of carbonyl (C=O) groups is 1. The van der Waals surface area contributed by atoms with Gasteiger partial charge in [0, 0.05) is 50.3 Å². The standard InChI is InChI=1S/C19H28N4O4.ClH/c1-12-5-13(2)11-22(10-12)16-4-3-14(6-17(16)23(26)27)19(25)21-8-15-7-20-9-18(15)24;/h3-4,6,12-13,15,18,20,24H,5,7-11H2,1-2H3,(H,21,25);1H. The third-order valence-electron chi connectivity index (χ3n) is 5.47. The number of nitro benzene ring substituents is 1. The molecule has 156 valence electrons. The predicted molar refractivity (Wildman–Crippen MR) is 110 cm³/mol. The highest BCUT2D eigenvalue weighted by molar-refractivity contribution is 5.95. The summed E-state index contributed by atoms with van der Waals surface area (Å²) in [4.78, 5) is 25.7. The van der Waals surface area contributed by atoms with Crippen LogP contribution in [0.25, 0.3) is 0 Å². The first-order chi connectivity index (χ1) is 12.8. The van der Waals surface area contributed by atoms with Crippen molar-refractivity contribution < 1.29 is 14.8 Å². The molecule has 3 N–H and O–H groups in total. The number of halogens is 1. The van der Waals surface area contributed by atoms with Gasteiger partial charge in [0.2, 0.25) is 0 Å². The lowest BCUT2D eigenvalue weighted by molar-refractivity contribution is -0.384. The summed E-state index contributed by atoms with van der Waals surface area (Å²) < 4.78 is 0. The number of rotatable bonds is 5. The van der Waals surface area contributed by atoms with E-state index >= 15 is 0 Å². The lowest BCUT2D eigenvalue weighted by Crippen LogP contribution is -2.39. The maximum Gasteiger partial charge on any atom is 0.293 e. The number of aliphatic hydroxyl groups excluding tert-OH is 1. The molecule has 2 aliphatic heterocycles. The van der Waals surface area contributed by atoms with Crippen LogP contribution in [0.1, 0.15) is 30.6 Å². The highest BCUT2D eigenvalue weighted by Crippen LogP contribution is 2.33. The van der Waals surface area contributed by atoms with Crippen LogP contribution in [-0.2, 0) is 0 Å². The minimum absolute atomic E-state index is 0. The number of piperidine rings is 1. The summed E-state index contributed by atoms with van der Waals surface area (Å²) >= 11 is 0. The molecule has 28 heavy (non-hydrogen) atoms. The Morgan fingerprint density at radius 2 is 2.00 bits per heavy atom. The fraction of sp³-hybridized carbons (Fsp3) is 0.632. The summed E-state index contributed by atoms with van der Waals surface area (Å²) in [5.74, 6) is 0.550. The smallest absolute Gasteiger partial charge is 0.293 e. The monoisotopic (exact) mass is 412 g/mol. The Labute approximate surface area is 171 Å². The zero-order valence-electron chi connectivity index (χ0n) is 16.3. The first-order valence-electron chi connectivity index (χ1n) is 9.55. The van der Waals surface area contributed by atoms with Gasteiger partial charge in [-0.3, -0.25) is 14.9 Å². The molecule has 9 heteroatoms. The van der Waals surface area contributed by atoms with Gasteiger partial charge in [0.25, 0.3) is 11.6 Å². The molecule has 0 radical (unpaired) electrons. The van der Waals surface area contributed by atoms with Crippen molar-refractivity contribution in [2.24, 2.45) is 17.8 Å². The molecular formula is C19H29ClN4O4. The van der Waals surface area contributed by atoms with Gasteiger partial charge < -0.3 is 20.6 Å². The summed E-state index contributed by atoms with van der Waals surface area (Å²) in [6.07, 6.45) is 0.636. The van der Waals surface area contributed by atoms with Gasteiger partial charge in [-0.2, -0.15) is 0 Å². The number of nitrogens with zero attached hydrogens (tertiary/aromatic N) is 2. The summed E-state index contributed by atoms with van der Waals surface area (Å²) in [6, 6.07) is 4.69. The number of nitro groups is 1. The van der Waals surface area contributed by atoms with Gasteiger partial charge in [0.05, 0.1) is 11.0 Å². The highest BCUT2D eigenvalue weighted by Gasteiger charge is 2.29. The fourth-order valence-corrected chi connectivity index (χ4v) is 4.19. The number of anilines is 1. The molecule has 0 bridgehead atoms. The van der Waals surface area contributed by atoms with Crippen LogP contribution in [0.4, 0.5) is 11.4 Å². The molecule has 0 saturated carbocycles. The average molecular weight is 413 g/mol. The largest absolute Gasteiger partial charge is 0.391 e. The third-order valence-corrected chi connectivity index (χ3v) is 5.47. The van der Waals surface area contributed by atoms with E-state index < -0.39 is 11.0 Å². The van der Waals surface area contributed by atoms with Crippen LogP contribution < -0.4 is 15.5 Å². The van der Waals surface area contributed by atoms with E-state index in [4.69, 9.17) is 0 Å². The molecular weight excluding hydrogens is 384 g/mol. The van der Waals surface area contributed by atoms with Gasteiger partial charge >= 0.3 is 0 Å². The van der Waals surface area contributed by atoms with Gasteiger partial charge in [0.1, 0.15) is 5.69 Å². The number of β-amino-alcohol motifs (C(OH)–C–C–N with tert-alkyl or cyclic N) is 1. The topological polar surface area (TPSA) is 108 Å². The first-order valence-corrected chi connectivity index (χ1v) is 9.55. The third kappa shape index (κ3) is 5.12. The molecule has 2 heterocycles. The molecule has 0 spiro atoms. The Morgan fingerprint density at radius 1 is 1.32 bits per heavy atom. The van der Waals surface area contributed by atoms with E-state index in [0.717, 1.165) is 19.5 Å². The Kier molecular flexibility index (Phi) is 7.63. The summed E-state index contributed by atoms with van der Waals surface area (Å²) in [5, 5.41) is 27.3. The second kappa shape index (κ2) is 9.54. The molecule has 0 aliphatic carbocycles. The van der Waals surface area contributed by atoms with Crippen LogP contribution in [0.5, 0.6) is 0 Å². The lowest BCUT2D eigenvalue weighted by Gasteiger charge is -2.36. The van der Waals surface area contributed by atoms with Crippen molar-refractivity contribution in [1.82, 2.24) is 10.6 Å². The van der Waals surface area contributed by atoms with Gasteiger partial charge in [0.15, 0.2) is 0 Å². The highest BCUT2D eigenvalue weighted by atomic mass is 35.5. The molecule has 4 atom stereocenters. The number of amides is 1. The van der Waals surface area contributed by atoms with Crippen molar-refractivity contribution >= 4 is 29.7 Å². The number of aliphatic hydroxyl groups is 1. The number of hydrogen-bond acceptors (Lipinski definition) is 6. The summed E-state index contributed by atoms with van der Waals surface area (Å²) in [5.41, 5.74) is 0.806. The van der Waals surface area contributed by atoms with Crippen LogP contribution >= 0.6 is 12.4 Å². The number of nitrogens with one attached hydrogen (secondary N) is 2. The van der Waals surface area contributed by atoms with E-state index in [1.807, 2.05) is 0 Å². The van der Waals surface area contributed by atoms with Crippen molar-refractivity contribution in [1.29, 1.82) is 0 Å². The maximum atomic E-state index is 12.4. The molecule has 1 aromatic rings. The van der Waals surface area contributed by atoms with E-state index in [1.165, 1.54) is 6.07 Å². The van der Waals surface area contributed by atoms with E-state index in [1.54, 1.807) is 12.1 Å². The molecule has 2 saturated heterocycles. The Morgan fingerprint density at radius 3 is 2.57 bits per heavy atom. The van der Waals surface area contributed by atoms with E-state index in [2.05, 4.69) is 29.4 Å². The minimum Gasteiger partial charge on any atom is -0.391 e. The molecule has 2 aliphatic rings. The van der Waals surface area contributed by atoms with Gasteiger partial charge in [-0.25, -0.2) is 0 Å². The molecule has 4 unspecified atom stereocenters. The van der Waals surface area contributed by atoms with Crippen LogP contribution in [0.3, 0.4) is 0 Å². The molecule has 1 amide bonds. The summed E-state index contributed by atoms with van der Waals surface area (Å²) in [6.45, 7) is 7.38. The van der Waals surface area contributed by atoms with Crippen LogP contribution in [0.15, 0.2) is 18.2 Å². The molecule has 8 nitrogen and oxygen atoms in total. The Hall–Kier alpha value is -1.90. The predicted octanol–water partition coefficient (Wildman–Crippen LogP) is 1.81. The first kappa shape index (κ1) is 22.4. The Bertz CT molecular complexity index is 707. The quantitative estimate of drug-likeness (QED) is 0.503. The average Bonchev–Trinajstić information content (AvgIpc) is 3.03. The number of benzene rings is 1. The molecule has 0 aromatic heterocycles. The zero-order chi connectivity index (χ0) is 19.6. The number of hydrogen-bond donors (Lipinski definition) is 3. The van der Waals surface area contributed by atoms with Gasteiger partial charge in [-0.05, 0) is 30.4 Å². The maximum absolute atomic E-state index is 12.4.